The predicted octanol–water partition coefficient (Wildman–Crippen LogP) is 7.21. The van der Waals surface area contributed by atoms with Crippen molar-refractivity contribution < 1.29 is 4.79 Å². The molecule has 3 aromatic rings. The van der Waals surface area contributed by atoms with Gasteiger partial charge in [0.1, 0.15) is 0 Å². The highest BCUT2D eigenvalue weighted by Crippen LogP contribution is 2.35. The van der Waals surface area contributed by atoms with E-state index in [-0.39, 0.29) is 5.91 Å². The molecule has 1 saturated carbocycles. The van der Waals surface area contributed by atoms with Crippen LogP contribution in [-0.2, 0) is 0 Å². The van der Waals surface area contributed by atoms with Gasteiger partial charge in [-0.25, -0.2) is 0 Å². The van der Waals surface area contributed by atoms with Crippen LogP contribution in [0.1, 0.15) is 60.0 Å². The van der Waals surface area contributed by atoms with Crippen molar-refractivity contribution >= 4 is 11.6 Å². The standard InChI is InChI=1S/C27H29NO/c1-19-3-7-21(8-4-19)23-11-13-25(14-12-23)27(29)28-26-17-15-24(16-18-26)22-9-5-20(2)6-10-22/h5-6,9-19,21H,3-4,7-8H2,1-2H3,(H,28,29). The fourth-order valence-electron chi connectivity index (χ4n) is 4.20. The number of hydrogen-bond donors (Lipinski definition) is 1. The summed E-state index contributed by atoms with van der Waals surface area (Å²) in [6.45, 7) is 4.43. The van der Waals surface area contributed by atoms with Crippen molar-refractivity contribution in [3.8, 4) is 11.1 Å². The van der Waals surface area contributed by atoms with Gasteiger partial charge in [-0.2, -0.15) is 0 Å². The molecule has 2 heteroatoms. The van der Waals surface area contributed by atoms with Gasteiger partial charge in [0.15, 0.2) is 0 Å². The van der Waals surface area contributed by atoms with Gasteiger partial charge in [0.25, 0.3) is 5.91 Å². The lowest BCUT2D eigenvalue weighted by Gasteiger charge is -2.26. The SMILES string of the molecule is Cc1ccc(-c2ccc(NC(=O)c3ccc(C4CCC(C)CC4)cc3)cc2)cc1. The Labute approximate surface area is 174 Å². The first-order valence-corrected chi connectivity index (χ1v) is 10.7. The van der Waals surface area contributed by atoms with E-state index in [2.05, 4.69) is 55.6 Å². The molecule has 1 aliphatic rings. The molecule has 0 heterocycles. The second-order valence-electron chi connectivity index (χ2n) is 8.48. The molecule has 1 amide bonds. The van der Waals surface area contributed by atoms with Crippen LogP contribution in [0.2, 0.25) is 0 Å². The van der Waals surface area contributed by atoms with E-state index >= 15 is 0 Å². The van der Waals surface area contributed by atoms with Crippen molar-refractivity contribution in [2.24, 2.45) is 5.92 Å². The molecule has 0 aliphatic heterocycles. The number of benzene rings is 3. The maximum Gasteiger partial charge on any atom is 0.255 e. The Kier molecular flexibility index (Phi) is 5.80. The minimum atomic E-state index is -0.0584. The summed E-state index contributed by atoms with van der Waals surface area (Å²) in [6.07, 6.45) is 5.15. The van der Waals surface area contributed by atoms with Crippen molar-refractivity contribution in [3.05, 3.63) is 89.5 Å². The zero-order chi connectivity index (χ0) is 20.2. The average Bonchev–Trinajstić information content (AvgIpc) is 2.76. The van der Waals surface area contributed by atoms with Gasteiger partial charge in [0, 0.05) is 11.3 Å². The Hall–Kier alpha value is -2.87. The van der Waals surface area contributed by atoms with E-state index in [1.807, 2.05) is 36.4 Å². The van der Waals surface area contributed by atoms with Crippen molar-refractivity contribution in [2.75, 3.05) is 5.32 Å². The van der Waals surface area contributed by atoms with Gasteiger partial charge in [-0.3, -0.25) is 4.79 Å². The zero-order valence-electron chi connectivity index (χ0n) is 17.3. The van der Waals surface area contributed by atoms with Gasteiger partial charge in [-0.15, -0.1) is 0 Å². The number of hydrogen-bond acceptors (Lipinski definition) is 1. The van der Waals surface area contributed by atoms with Crippen LogP contribution in [0.15, 0.2) is 72.8 Å². The summed E-state index contributed by atoms with van der Waals surface area (Å²) < 4.78 is 0. The number of carbonyl (C=O) groups excluding carboxylic acids is 1. The van der Waals surface area contributed by atoms with E-state index in [0.29, 0.717) is 11.5 Å². The Morgan fingerprint density at radius 1 is 0.759 bits per heavy atom. The molecule has 0 spiro atoms. The monoisotopic (exact) mass is 383 g/mol. The van der Waals surface area contributed by atoms with Crippen LogP contribution in [-0.4, -0.2) is 5.91 Å². The maximum atomic E-state index is 12.6. The van der Waals surface area contributed by atoms with Gasteiger partial charge in [0.05, 0.1) is 0 Å². The highest BCUT2D eigenvalue weighted by Gasteiger charge is 2.19. The molecular formula is C27H29NO. The van der Waals surface area contributed by atoms with Crippen LogP contribution in [0.25, 0.3) is 11.1 Å². The summed E-state index contributed by atoms with van der Waals surface area (Å²) in [7, 11) is 0. The van der Waals surface area contributed by atoms with Crippen molar-refractivity contribution in [2.45, 2.75) is 45.4 Å². The quantitative estimate of drug-likeness (QED) is 0.507. The fraction of sp³-hybridized carbons (Fsp3) is 0.296. The zero-order valence-corrected chi connectivity index (χ0v) is 17.3. The molecule has 0 radical (unpaired) electrons. The van der Waals surface area contributed by atoms with E-state index in [0.717, 1.165) is 17.2 Å². The maximum absolute atomic E-state index is 12.6. The molecule has 0 atom stereocenters. The Morgan fingerprint density at radius 3 is 1.90 bits per heavy atom. The molecule has 0 unspecified atom stereocenters. The Balaban J connectivity index is 1.39. The summed E-state index contributed by atoms with van der Waals surface area (Å²) in [6, 6.07) is 24.7. The van der Waals surface area contributed by atoms with Crippen LogP contribution in [0.5, 0.6) is 0 Å². The van der Waals surface area contributed by atoms with Gasteiger partial charge in [0.2, 0.25) is 0 Å². The number of carbonyl (C=O) groups is 1. The summed E-state index contributed by atoms with van der Waals surface area (Å²) in [5.41, 5.74) is 6.48. The number of anilines is 1. The van der Waals surface area contributed by atoms with Gasteiger partial charge in [-0.05, 0) is 72.6 Å². The van der Waals surface area contributed by atoms with Crippen LogP contribution in [0.4, 0.5) is 5.69 Å². The van der Waals surface area contributed by atoms with Crippen LogP contribution < -0.4 is 5.32 Å². The van der Waals surface area contributed by atoms with Crippen molar-refractivity contribution in [3.63, 3.8) is 0 Å². The van der Waals surface area contributed by atoms with Gasteiger partial charge < -0.3 is 5.32 Å². The van der Waals surface area contributed by atoms with Crippen LogP contribution in [0, 0.1) is 12.8 Å². The molecule has 4 rings (SSSR count). The molecule has 148 valence electrons. The highest BCUT2D eigenvalue weighted by atomic mass is 16.1. The summed E-state index contributed by atoms with van der Waals surface area (Å²) in [5.74, 6) is 1.45. The molecule has 29 heavy (non-hydrogen) atoms. The molecule has 2 nitrogen and oxygen atoms in total. The summed E-state index contributed by atoms with van der Waals surface area (Å²) in [4.78, 5) is 12.6. The lowest BCUT2D eigenvalue weighted by molar-refractivity contribution is 0.102. The lowest BCUT2D eigenvalue weighted by Crippen LogP contribution is -2.13. The van der Waals surface area contributed by atoms with Crippen LogP contribution >= 0.6 is 0 Å². The molecule has 0 saturated heterocycles. The molecule has 1 aliphatic carbocycles. The Bertz CT molecular complexity index is 947. The van der Waals surface area contributed by atoms with Gasteiger partial charge >= 0.3 is 0 Å². The number of aryl methyl sites for hydroxylation is 1. The normalized spacial score (nSPS) is 19.0. The van der Waals surface area contributed by atoms with E-state index in [1.54, 1.807) is 0 Å². The van der Waals surface area contributed by atoms with E-state index in [1.165, 1.54) is 42.4 Å². The number of amides is 1. The van der Waals surface area contributed by atoms with E-state index in [9.17, 15) is 4.79 Å². The Morgan fingerprint density at radius 2 is 1.31 bits per heavy atom. The fourth-order valence-corrected chi connectivity index (χ4v) is 4.20. The van der Waals surface area contributed by atoms with Crippen molar-refractivity contribution in [1.29, 1.82) is 0 Å². The first-order valence-electron chi connectivity index (χ1n) is 10.7. The van der Waals surface area contributed by atoms with E-state index < -0.39 is 0 Å². The van der Waals surface area contributed by atoms with Crippen LogP contribution in [0.3, 0.4) is 0 Å². The topological polar surface area (TPSA) is 29.1 Å². The third-order valence-electron chi connectivity index (χ3n) is 6.19. The third-order valence-corrected chi connectivity index (χ3v) is 6.19. The molecule has 1 fully saturated rings. The second-order valence-corrected chi connectivity index (χ2v) is 8.48. The van der Waals surface area contributed by atoms with Crippen molar-refractivity contribution in [1.82, 2.24) is 0 Å². The lowest BCUT2D eigenvalue weighted by atomic mass is 9.79. The summed E-state index contributed by atoms with van der Waals surface area (Å²) in [5, 5.41) is 3.01. The molecular weight excluding hydrogens is 354 g/mol. The largest absolute Gasteiger partial charge is 0.322 e. The molecule has 0 bridgehead atoms. The van der Waals surface area contributed by atoms with E-state index in [4.69, 9.17) is 0 Å². The smallest absolute Gasteiger partial charge is 0.255 e. The third kappa shape index (κ3) is 4.76. The summed E-state index contributed by atoms with van der Waals surface area (Å²) >= 11 is 0. The first-order chi connectivity index (χ1) is 14.1. The van der Waals surface area contributed by atoms with Gasteiger partial charge in [-0.1, -0.05) is 73.9 Å². The number of nitrogens with one attached hydrogen (secondary N) is 1. The predicted molar refractivity (Wildman–Crippen MR) is 121 cm³/mol. The molecule has 0 aromatic heterocycles. The minimum absolute atomic E-state index is 0.0584. The average molecular weight is 384 g/mol. The number of rotatable bonds is 4. The molecule has 3 aromatic carbocycles. The second kappa shape index (κ2) is 8.65. The molecule has 1 N–H and O–H groups in total. The highest BCUT2D eigenvalue weighted by molar-refractivity contribution is 6.04. The minimum Gasteiger partial charge on any atom is -0.322 e. The first kappa shape index (κ1) is 19.4.